The van der Waals surface area contributed by atoms with E-state index in [1.54, 1.807) is 24.3 Å². The number of benzene rings is 1. The van der Waals surface area contributed by atoms with E-state index in [1.165, 1.54) is 11.3 Å². The van der Waals surface area contributed by atoms with E-state index < -0.39 is 11.4 Å². The van der Waals surface area contributed by atoms with Gasteiger partial charge in [-0.2, -0.15) is 0 Å². The van der Waals surface area contributed by atoms with Gasteiger partial charge in [-0.3, -0.25) is 4.79 Å². The Hall–Kier alpha value is -2.71. The van der Waals surface area contributed by atoms with Gasteiger partial charge in [0.2, 0.25) is 11.8 Å². The lowest BCUT2D eigenvalue weighted by atomic mass is 9.96. The molecule has 0 unspecified atom stereocenters. The van der Waals surface area contributed by atoms with Crippen molar-refractivity contribution in [2.75, 3.05) is 5.32 Å². The van der Waals surface area contributed by atoms with Crippen molar-refractivity contribution in [3.05, 3.63) is 51.2 Å². The van der Waals surface area contributed by atoms with Gasteiger partial charge in [-0.05, 0) is 43.7 Å². The Morgan fingerprint density at radius 3 is 2.47 bits per heavy atom. The zero-order valence-corrected chi connectivity index (χ0v) is 18.9. The fourth-order valence-corrected chi connectivity index (χ4v) is 3.64. The molecule has 0 fully saturated rings. The van der Waals surface area contributed by atoms with Crippen LogP contribution in [0.25, 0.3) is 11.5 Å². The molecule has 0 saturated carbocycles. The number of nitrogens with zero attached hydrogens (tertiary/aromatic N) is 2. The third-order valence-electron chi connectivity index (χ3n) is 4.38. The summed E-state index contributed by atoms with van der Waals surface area (Å²) >= 11 is 7.22. The third kappa shape index (κ3) is 4.88. The lowest BCUT2D eigenvalue weighted by Gasteiger charge is -2.17. The molecule has 0 saturated heterocycles. The summed E-state index contributed by atoms with van der Waals surface area (Å²) in [4.78, 5) is 26.0. The number of carbonyl (C=O) groups excluding carboxylic acids is 2. The van der Waals surface area contributed by atoms with E-state index >= 15 is 0 Å². The summed E-state index contributed by atoms with van der Waals surface area (Å²) in [7, 11) is 0. The summed E-state index contributed by atoms with van der Waals surface area (Å²) in [6.45, 7) is 8.95. The number of aryl methyl sites for hydroxylation is 1. The molecule has 2 aromatic heterocycles. The largest absolute Gasteiger partial charge is 0.452 e. The van der Waals surface area contributed by atoms with Crippen LogP contribution in [0, 0.1) is 19.3 Å². The van der Waals surface area contributed by atoms with Crippen molar-refractivity contribution in [1.82, 2.24) is 10.2 Å². The van der Waals surface area contributed by atoms with Gasteiger partial charge in [-0.1, -0.05) is 32.4 Å². The zero-order valence-electron chi connectivity index (χ0n) is 17.3. The highest BCUT2D eigenvalue weighted by atomic mass is 35.5. The predicted molar refractivity (Wildman–Crippen MR) is 116 cm³/mol. The Bertz CT molecular complexity index is 1080. The van der Waals surface area contributed by atoms with Gasteiger partial charge in [-0.15, -0.1) is 21.5 Å². The van der Waals surface area contributed by atoms with Crippen LogP contribution in [0.3, 0.4) is 0 Å². The molecular formula is C21H22ClN3O4S. The van der Waals surface area contributed by atoms with E-state index in [2.05, 4.69) is 15.5 Å². The number of rotatable bonds is 5. The fourth-order valence-electron chi connectivity index (χ4n) is 2.47. The van der Waals surface area contributed by atoms with E-state index in [4.69, 9.17) is 20.8 Å². The van der Waals surface area contributed by atoms with Crippen molar-refractivity contribution in [3.8, 4) is 11.5 Å². The van der Waals surface area contributed by atoms with Crippen molar-refractivity contribution >= 4 is 39.8 Å². The Morgan fingerprint density at radius 2 is 1.83 bits per heavy atom. The Labute approximate surface area is 183 Å². The van der Waals surface area contributed by atoms with Gasteiger partial charge in [0.15, 0.2) is 6.61 Å². The van der Waals surface area contributed by atoms with Crippen LogP contribution in [0.5, 0.6) is 0 Å². The van der Waals surface area contributed by atoms with Gasteiger partial charge in [0.05, 0.1) is 5.56 Å². The van der Waals surface area contributed by atoms with Gasteiger partial charge in [0.25, 0.3) is 5.89 Å². The van der Waals surface area contributed by atoms with E-state index in [0.29, 0.717) is 27.0 Å². The topological polar surface area (TPSA) is 94.3 Å². The van der Waals surface area contributed by atoms with Gasteiger partial charge >= 0.3 is 5.97 Å². The van der Waals surface area contributed by atoms with Gasteiger partial charge in [0.1, 0.15) is 5.00 Å². The number of thiophene rings is 1. The molecule has 0 aliphatic heterocycles. The summed E-state index contributed by atoms with van der Waals surface area (Å²) in [5.41, 5.74) is 1.23. The van der Waals surface area contributed by atoms with Crippen LogP contribution in [0.4, 0.5) is 5.00 Å². The van der Waals surface area contributed by atoms with E-state index in [1.807, 2.05) is 34.6 Å². The van der Waals surface area contributed by atoms with Crippen LogP contribution in [-0.4, -0.2) is 22.1 Å². The van der Waals surface area contributed by atoms with Crippen molar-refractivity contribution in [1.29, 1.82) is 0 Å². The summed E-state index contributed by atoms with van der Waals surface area (Å²) in [5.74, 6) is -0.272. The summed E-state index contributed by atoms with van der Waals surface area (Å²) in [5, 5.41) is 11.8. The first-order valence-electron chi connectivity index (χ1n) is 9.23. The Kier molecular flexibility index (Phi) is 6.28. The standard InChI is InChI=1S/C21H22ClN3O4S/c1-11-12(2)30-18(23-20(27)21(3,4)5)16(11)19(26)28-10-15-24-25-17(29-15)13-6-8-14(22)9-7-13/h6-9H,10H2,1-5H3,(H,23,27). The molecule has 3 aromatic rings. The number of amides is 1. The first-order chi connectivity index (χ1) is 14.1. The van der Waals surface area contributed by atoms with Crippen LogP contribution >= 0.6 is 22.9 Å². The molecule has 1 amide bonds. The second-order valence-electron chi connectivity index (χ2n) is 7.78. The minimum Gasteiger partial charge on any atom is -0.452 e. The monoisotopic (exact) mass is 447 g/mol. The number of hydrogen-bond acceptors (Lipinski definition) is 7. The van der Waals surface area contributed by atoms with E-state index in [0.717, 1.165) is 10.4 Å². The zero-order chi connectivity index (χ0) is 22.1. The molecule has 7 nitrogen and oxygen atoms in total. The second kappa shape index (κ2) is 8.57. The molecule has 2 heterocycles. The maximum absolute atomic E-state index is 12.7. The summed E-state index contributed by atoms with van der Waals surface area (Å²) < 4.78 is 10.9. The molecule has 9 heteroatoms. The van der Waals surface area contributed by atoms with Gasteiger partial charge in [0, 0.05) is 20.9 Å². The van der Waals surface area contributed by atoms with Crippen molar-refractivity contribution in [3.63, 3.8) is 0 Å². The fraction of sp³-hybridized carbons (Fsp3) is 0.333. The minimum absolute atomic E-state index is 0.165. The molecule has 0 radical (unpaired) electrons. The lowest BCUT2D eigenvalue weighted by molar-refractivity contribution is -0.123. The maximum atomic E-state index is 12.7. The molecule has 30 heavy (non-hydrogen) atoms. The molecule has 0 atom stereocenters. The predicted octanol–water partition coefficient (Wildman–Crippen LogP) is 5.41. The SMILES string of the molecule is Cc1sc(NC(=O)C(C)(C)C)c(C(=O)OCc2nnc(-c3ccc(Cl)cc3)o2)c1C. The Morgan fingerprint density at radius 1 is 1.17 bits per heavy atom. The highest BCUT2D eigenvalue weighted by Crippen LogP contribution is 2.34. The number of anilines is 1. The summed E-state index contributed by atoms with van der Waals surface area (Å²) in [6.07, 6.45) is 0. The quantitative estimate of drug-likeness (QED) is 0.525. The maximum Gasteiger partial charge on any atom is 0.341 e. The molecule has 0 aliphatic carbocycles. The van der Waals surface area contributed by atoms with E-state index in [-0.39, 0.29) is 18.4 Å². The van der Waals surface area contributed by atoms with E-state index in [9.17, 15) is 9.59 Å². The molecule has 158 valence electrons. The molecule has 1 N–H and O–H groups in total. The Balaban J connectivity index is 1.72. The van der Waals surface area contributed by atoms with Gasteiger partial charge in [-0.25, -0.2) is 4.79 Å². The number of carbonyl (C=O) groups is 2. The number of hydrogen-bond donors (Lipinski definition) is 1. The van der Waals surface area contributed by atoms with Crippen LogP contribution in [0.2, 0.25) is 5.02 Å². The average Bonchev–Trinajstić information content (AvgIpc) is 3.25. The van der Waals surface area contributed by atoms with Crippen LogP contribution in [0.1, 0.15) is 47.5 Å². The first-order valence-corrected chi connectivity index (χ1v) is 10.4. The molecule has 1 aromatic carbocycles. The second-order valence-corrected chi connectivity index (χ2v) is 9.44. The molecule has 0 aliphatic rings. The normalized spacial score (nSPS) is 11.4. The highest BCUT2D eigenvalue weighted by molar-refractivity contribution is 7.16. The van der Waals surface area contributed by atoms with Crippen LogP contribution in [-0.2, 0) is 16.1 Å². The number of ether oxygens (including phenoxy) is 1. The lowest BCUT2D eigenvalue weighted by Crippen LogP contribution is -2.28. The molecule has 0 bridgehead atoms. The van der Waals surface area contributed by atoms with Crippen molar-refractivity contribution < 1.29 is 18.7 Å². The van der Waals surface area contributed by atoms with Crippen LogP contribution in [0.15, 0.2) is 28.7 Å². The molecular weight excluding hydrogens is 426 g/mol. The highest BCUT2D eigenvalue weighted by Gasteiger charge is 2.27. The van der Waals surface area contributed by atoms with Crippen molar-refractivity contribution in [2.24, 2.45) is 5.41 Å². The first kappa shape index (κ1) is 22.0. The number of esters is 1. The molecule has 0 spiro atoms. The minimum atomic E-state index is -0.588. The number of aromatic nitrogens is 2. The van der Waals surface area contributed by atoms with Crippen LogP contribution < -0.4 is 5.32 Å². The number of halogens is 1. The average molecular weight is 448 g/mol. The summed E-state index contributed by atoms with van der Waals surface area (Å²) in [6, 6.07) is 6.95. The smallest absolute Gasteiger partial charge is 0.341 e. The van der Waals surface area contributed by atoms with Gasteiger partial charge < -0.3 is 14.5 Å². The van der Waals surface area contributed by atoms with Crippen molar-refractivity contribution in [2.45, 2.75) is 41.2 Å². The third-order valence-corrected chi connectivity index (χ3v) is 5.76. The molecule has 3 rings (SSSR count). The number of nitrogens with one attached hydrogen (secondary N) is 1.